The molecule has 2 atom stereocenters. The lowest BCUT2D eigenvalue weighted by atomic mass is 10.1. The lowest BCUT2D eigenvalue weighted by Crippen LogP contribution is -2.21. The minimum atomic E-state index is -0.513. The zero-order chi connectivity index (χ0) is 24.5. The lowest BCUT2D eigenvalue weighted by Gasteiger charge is -2.08. The molecule has 1 aliphatic carbocycles. The van der Waals surface area contributed by atoms with E-state index in [1.54, 1.807) is 16.8 Å². The summed E-state index contributed by atoms with van der Waals surface area (Å²) in [4.78, 5) is 15.4. The Labute approximate surface area is 204 Å². The molecule has 1 saturated heterocycles. The van der Waals surface area contributed by atoms with Crippen molar-refractivity contribution in [3.05, 3.63) is 58.8 Å². The Bertz CT molecular complexity index is 1340. The number of pyridine rings is 1. The van der Waals surface area contributed by atoms with E-state index < -0.39 is 5.91 Å². The summed E-state index contributed by atoms with van der Waals surface area (Å²) in [5.41, 5.74) is 11.3. The van der Waals surface area contributed by atoms with E-state index in [-0.39, 0.29) is 5.69 Å². The van der Waals surface area contributed by atoms with E-state index >= 15 is 0 Å². The van der Waals surface area contributed by atoms with Gasteiger partial charge in [0, 0.05) is 19.2 Å². The normalized spacial score (nSPS) is 19.3. The van der Waals surface area contributed by atoms with Crippen molar-refractivity contribution in [3.63, 3.8) is 0 Å². The molecule has 0 aromatic carbocycles. The highest BCUT2D eigenvalue weighted by Gasteiger charge is 2.41. The van der Waals surface area contributed by atoms with Crippen LogP contribution in [0.5, 0.6) is 0 Å². The van der Waals surface area contributed by atoms with Crippen molar-refractivity contribution in [2.45, 2.75) is 51.4 Å². The van der Waals surface area contributed by atoms with Gasteiger partial charge in [-0.3, -0.25) is 14.5 Å². The van der Waals surface area contributed by atoms with Gasteiger partial charge in [-0.25, -0.2) is 0 Å². The number of aromatic nitrogens is 7. The third-order valence-corrected chi connectivity index (χ3v) is 6.72. The molecular formula is C25H31N9O. The molecule has 1 amide bonds. The number of fused-ring (bicyclic) bond motifs is 1. The van der Waals surface area contributed by atoms with Crippen LogP contribution in [0.3, 0.4) is 0 Å². The number of carbonyl (C=O) groups excluding carboxylic acids is 1. The predicted molar refractivity (Wildman–Crippen MR) is 132 cm³/mol. The smallest absolute Gasteiger partial charge is 0.267 e. The number of amides is 1. The first-order valence-corrected chi connectivity index (χ1v) is 12.1. The molecule has 0 radical (unpaired) electrons. The summed E-state index contributed by atoms with van der Waals surface area (Å²) in [5.74, 6) is 0.921. The molecule has 182 valence electrons. The average molecular weight is 474 g/mol. The molecular weight excluding hydrogens is 442 g/mol. The van der Waals surface area contributed by atoms with Crippen LogP contribution in [0.2, 0.25) is 0 Å². The predicted octanol–water partition coefficient (Wildman–Crippen LogP) is 2.67. The molecule has 4 aromatic heterocycles. The Kier molecular flexibility index (Phi) is 6.29. The zero-order valence-corrected chi connectivity index (χ0v) is 20.4. The molecule has 2 unspecified atom stereocenters. The fraction of sp³-hybridized carbons (Fsp3) is 0.440. The van der Waals surface area contributed by atoms with Gasteiger partial charge >= 0.3 is 0 Å². The average Bonchev–Trinajstić information content (AvgIpc) is 3.45. The number of nitrogens with zero attached hydrogens (tertiary/aromatic N) is 7. The van der Waals surface area contributed by atoms with E-state index in [0.29, 0.717) is 11.8 Å². The van der Waals surface area contributed by atoms with Crippen molar-refractivity contribution in [1.82, 2.24) is 39.9 Å². The molecule has 10 heteroatoms. The largest absolute Gasteiger partial charge is 0.364 e. The second kappa shape index (κ2) is 9.53. The van der Waals surface area contributed by atoms with E-state index in [2.05, 4.69) is 26.6 Å². The Balaban J connectivity index is 0.000000371. The van der Waals surface area contributed by atoms with E-state index in [4.69, 9.17) is 15.9 Å². The number of nitrogens with one attached hydrogen (secondary N) is 1. The molecule has 1 saturated carbocycles. The molecule has 1 aliphatic heterocycles. The maximum Gasteiger partial charge on any atom is 0.267 e. The lowest BCUT2D eigenvalue weighted by molar-refractivity contribution is 0.0995. The second-order valence-corrected chi connectivity index (χ2v) is 9.37. The highest BCUT2D eigenvalue weighted by Crippen LogP contribution is 2.54. The van der Waals surface area contributed by atoms with Crippen LogP contribution in [0.25, 0.3) is 17.0 Å². The number of primary amides is 1. The molecule has 3 N–H and O–H groups in total. The number of carbonyl (C=O) groups is 1. The third-order valence-electron chi connectivity index (χ3n) is 6.72. The van der Waals surface area contributed by atoms with Crippen LogP contribution in [0.1, 0.15) is 70.7 Å². The van der Waals surface area contributed by atoms with Gasteiger partial charge in [0.25, 0.3) is 5.91 Å². The Morgan fingerprint density at radius 1 is 1.06 bits per heavy atom. The zero-order valence-electron chi connectivity index (χ0n) is 20.4. The monoisotopic (exact) mass is 473 g/mol. The van der Waals surface area contributed by atoms with Crippen molar-refractivity contribution in [2.75, 3.05) is 13.1 Å². The van der Waals surface area contributed by atoms with Crippen LogP contribution in [-0.2, 0) is 7.05 Å². The number of nitrogens with two attached hydrogens (primary N) is 1. The minimum absolute atomic E-state index is 0.284. The van der Waals surface area contributed by atoms with Crippen molar-refractivity contribution in [1.29, 1.82) is 0 Å². The Morgan fingerprint density at radius 3 is 2.49 bits per heavy atom. The van der Waals surface area contributed by atoms with Crippen LogP contribution in [0, 0.1) is 13.8 Å². The molecule has 0 bridgehead atoms. The first kappa shape index (κ1) is 23.1. The fourth-order valence-corrected chi connectivity index (χ4v) is 4.63. The summed E-state index contributed by atoms with van der Waals surface area (Å²) in [5, 5.41) is 21.0. The summed E-state index contributed by atoms with van der Waals surface area (Å²) in [6.45, 7) is 6.39. The molecule has 4 aromatic rings. The van der Waals surface area contributed by atoms with Crippen molar-refractivity contribution in [2.24, 2.45) is 12.8 Å². The van der Waals surface area contributed by atoms with Gasteiger partial charge in [-0.2, -0.15) is 14.7 Å². The van der Waals surface area contributed by atoms with Gasteiger partial charge in [-0.05, 0) is 81.4 Å². The highest BCUT2D eigenvalue weighted by atomic mass is 16.1. The maximum atomic E-state index is 11.2. The fourth-order valence-electron chi connectivity index (χ4n) is 4.63. The van der Waals surface area contributed by atoms with Crippen LogP contribution in [-0.4, -0.2) is 53.6 Å². The summed E-state index contributed by atoms with van der Waals surface area (Å²) < 4.78 is 3.63. The first-order chi connectivity index (χ1) is 16.9. The van der Waals surface area contributed by atoms with Crippen molar-refractivity contribution < 1.29 is 4.79 Å². The number of aryl methyl sites for hydroxylation is 3. The maximum absolute atomic E-state index is 11.2. The summed E-state index contributed by atoms with van der Waals surface area (Å²) >= 11 is 0. The minimum Gasteiger partial charge on any atom is -0.364 e. The van der Waals surface area contributed by atoms with Gasteiger partial charge < -0.3 is 11.1 Å². The van der Waals surface area contributed by atoms with E-state index in [0.717, 1.165) is 46.1 Å². The SMILES string of the molecule is C1CCNCC1.Cc1cc(-c2cc(C3CC3c3ccc(C(N)=O)nc3)nn2C)nn2c(C)nnc12. The van der Waals surface area contributed by atoms with E-state index in [1.807, 2.05) is 37.7 Å². The van der Waals surface area contributed by atoms with Gasteiger partial charge in [0.2, 0.25) is 0 Å². The summed E-state index contributed by atoms with van der Waals surface area (Å²) in [6, 6.07) is 7.72. The van der Waals surface area contributed by atoms with E-state index in [9.17, 15) is 4.79 Å². The molecule has 6 rings (SSSR count). The van der Waals surface area contributed by atoms with Crippen LogP contribution in [0.4, 0.5) is 0 Å². The molecule has 35 heavy (non-hydrogen) atoms. The van der Waals surface area contributed by atoms with Crippen LogP contribution in [0.15, 0.2) is 30.5 Å². The van der Waals surface area contributed by atoms with Gasteiger partial charge in [-0.1, -0.05) is 12.5 Å². The molecule has 10 nitrogen and oxygen atoms in total. The molecule has 5 heterocycles. The van der Waals surface area contributed by atoms with Gasteiger partial charge in [-0.15, -0.1) is 10.2 Å². The standard InChI is InChI=1S/C20H20N8O.C5H11N/c1-10-6-17(26-28-11(2)23-24-20(10)28)18-8-16(25-27(18)3)14-7-13(14)12-4-5-15(19(21)29)22-9-12;1-2-4-6-5-3-1/h4-6,8-9,13-14H,7H2,1-3H3,(H2,21,29);6H,1-5H2. The highest BCUT2D eigenvalue weighted by molar-refractivity contribution is 5.90. The quantitative estimate of drug-likeness (QED) is 0.466. The number of hydrogen-bond donors (Lipinski definition) is 2. The topological polar surface area (TPSA) is 129 Å². The van der Waals surface area contributed by atoms with Gasteiger partial charge in [0.1, 0.15) is 11.4 Å². The number of piperidine rings is 1. The van der Waals surface area contributed by atoms with Crippen LogP contribution < -0.4 is 11.1 Å². The Morgan fingerprint density at radius 2 is 1.86 bits per heavy atom. The molecule has 2 aliphatic rings. The van der Waals surface area contributed by atoms with Crippen LogP contribution >= 0.6 is 0 Å². The second-order valence-electron chi connectivity index (χ2n) is 9.37. The third kappa shape index (κ3) is 4.79. The van der Waals surface area contributed by atoms with Crippen molar-refractivity contribution >= 4 is 11.6 Å². The molecule has 2 fully saturated rings. The summed E-state index contributed by atoms with van der Waals surface area (Å²) in [6.07, 6.45) is 6.96. The van der Waals surface area contributed by atoms with E-state index in [1.165, 1.54) is 32.4 Å². The van der Waals surface area contributed by atoms with Gasteiger partial charge in [0.15, 0.2) is 11.5 Å². The van der Waals surface area contributed by atoms with Crippen molar-refractivity contribution in [3.8, 4) is 11.4 Å². The first-order valence-electron chi connectivity index (χ1n) is 12.1. The number of hydrogen-bond acceptors (Lipinski definition) is 7. The number of rotatable bonds is 4. The molecule has 0 spiro atoms. The Hall–Kier alpha value is -3.66. The summed E-state index contributed by atoms with van der Waals surface area (Å²) in [7, 11) is 1.93. The van der Waals surface area contributed by atoms with Gasteiger partial charge in [0.05, 0.1) is 11.4 Å².